The molecule has 0 aromatic heterocycles. The van der Waals surface area contributed by atoms with Gasteiger partial charge in [-0.15, -0.1) is 0 Å². The van der Waals surface area contributed by atoms with E-state index in [-0.39, 0.29) is 5.76 Å². The molecule has 14 heavy (non-hydrogen) atoms. The molecule has 0 aliphatic carbocycles. The van der Waals surface area contributed by atoms with E-state index in [0.717, 1.165) is 0 Å². The number of allylic oxidation sites excluding steroid dienone is 2. The molecule has 0 spiro atoms. The third kappa shape index (κ3) is 3.59. The third-order valence-electron chi connectivity index (χ3n) is 1.54. The van der Waals surface area contributed by atoms with Crippen LogP contribution in [0, 0.1) is 0 Å². The maximum atomic E-state index is 12.6. The minimum Gasteiger partial charge on any atom is -0.491 e. The Morgan fingerprint density at radius 2 is 1.79 bits per heavy atom. The molecule has 0 saturated heterocycles. The second-order valence-corrected chi connectivity index (χ2v) is 4.50. The van der Waals surface area contributed by atoms with E-state index in [4.69, 9.17) is 4.55 Å². The van der Waals surface area contributed by atoms with E-state index < -0.39 is 22.0 Å². The van der Waals surface area contributed by atoms with Crippen molar-refractivity contribution >= 4 is 10.1 Å². The summed E-state index contributed by atoms with van der Waals surface area (Å²) in [7, 11) is -5.40. The van der Waals surface area contributed by atoms with Gasteiger partial charge in [0.2, 0.25) is 0 Å². The summed E-state index contributed by atoms with van der Waals surface area (Å²) in [4.78, 5) is 0. The average Bonchev–Trinajstić information content (AvgIpc) is 1.97. The molecule has 0 fully saturated rings. The normalized spacial score (nSPS) is 12.4. The van der Waals surface area contributed by atoms with E-state index in [1.165, 1.54) is 6.92 Å². The van der Waals surface area contributed by atoms with Crippen LogP contribution < -0.4 is 0 Å². The monoisotopic (exact) mass is 230 g/mol. The Bertz CT molecular complexity index is 328. The molecule has 1 N–H and O–H groups in total. The van der Waals surface area contributed by atoms with Crippen molar-refractivity contribution in [1.82, 2.24) is 0 Å². The van der Waals surface area contributed by atoms with Crippen molar-refractivity contribution in [3.05, 3.63) is 11.3 Å². The Balaban J connectivity index is 4.51. The Morgan fingerprint density at radius 3 is 2.07 bits per heavy atom. The average molecular weight is 230 g/mol. The summed E-state index contributed by atoms with van der Waals surface area (Å²) in [6.45, 7) is 3.29. The predicted molar refractivity (Wildman–Crippen MR) is 46.5 cm³/mol. The first-order chi connectivity index (χ1) is 6.08. The van der Waals surface area contributed by atoms with Crippen LogP contribution in [0.25, 0.3) is 0 Å². The van der Waals surface area contributed by atoms with Crippen molar-refractivity contribution in [1.29, 1.82) is 0 Å². The zero-order valence-corrected chi connectivity index (χ0v) is 8.86. The van der Waals surface area contributed by atoms with Crippen LogP contribution in [0.2, 0.25) is 0 Å². The summed E-state index contributed by atoms with van der Waals surface area (Å²) in [6.07, 6.45) is 0. The Morgan fingerprint density at radius 1 is 1.36 bits per heavy atom. The van der Waals surface area contributed by atoms with Crippen LogP contribution in [0.15, 0.2) is 11.3 Å². The quantitative estimate of drug-likeness (QED) is 0.590. The lowest BCUT2D eigenvalue weighted by Gasteiger charge is -2.14. The molecule has 4 nitrogen and oxygen atoms in total. The summed E-state index contributed by atoms with van der Waals surface area (Å²) in [6, 6.07) is 0. The van der Waals surface area contributed by atoms with Crippen molar-refractivity contribution in [2.75, 3.05) is 6.61 Å². The number of hydrogen-bond acceptors (Lipinski definition) is 3. The molecule has 0 saturated carbocycles. The lowest BCUT2D eigenvalue weighted by molar-refractivity contribution is 0.00317. The molecule has 0 amide bonds. The predicted octanol–water partition coefficient (Wildman–Crippen LogP) is 1.80. The minimum atomic E-state index is -5.40. The van der Waals surface area contributed by atoms with Gasteiger partial charge in [0.25, 0.3) is 0 Å². The molecular formula is C7H12F2O4S. The topological polar surface area (TPSA) is 63.6 Å². The molecule has 0 radical (unpaired) electrons. The van der Waals surface area contributed by atoms with Crippen molar-refractivity contribution in [2.24, 2.45) is 0 Å². The fourth-order valence-electron chi connectivity index (χ4n) is 0.411. The van der Waals surface area contributed by atoms with Gasteiger partial charge < -0.3 is 4.74 Å². The van der Waals surface area contributed by atoms with E-state index in [1.807, 2.05) is 0 Å². The number of hydrogen-bond donors (Lipinski definition) is 1. The largest absolute Gasteiger partial charge is 0.491 e. The van der Waals surface area contributed by atoms with Crippen LogP contribution in [-0.4, -0.2) is 24.8 Å². The Kier molecular flexibility index (Phi) is 4.01. The van der Waals surface area contributed by atoms with Crippen molar-refractivity contribution in [3.8, 4) is 0 Å². The first kappa shape index (κ1) is 13.3. The number of ether oxygens (including phenoxy) is 1. The SMILES string of the molecule is CC(C)=C(C)OCC(F)(F)S(=O)(=O)O. The highest BCUT2D eigenvalue weighted by Crippen LogP contribution is 2.22. The molecule has 0 bridgehead atoms. The summed E-state index contributed by atoms with van der Waals surface area (Å²) >= 11 is 0. The van der Waals surface area contributed by atoms with Gasteiger partial charge in [0.05, 0.1) is 5.76 Å². The summed E-state index contributed by atoms with van der Waals surface area (Å²) in [5, 5.41) is -4.27. The molecule has 0 unspecified atom stereocenters. The van der Waals surface area contributed by atoms with E-state index in [1.54, 1.807) is 13.8 Å². The van der Waals surface area contributed by atoms with Gasteiger partial charge in [0.15, 0.2) is 6.61 Å². The maximum Gasteiger partial charge on any atom is 0.402 e. The van der Waals surface area contributed by atoms with Crippen LogP contribution in [-0.2, 0) is 14.9 Å². The Labute approximate surface area is 81.3 Å². The van der Waals surface area contributed by atoms with Crippen LogP contribution >= 0.6 is 0 Å². The van der Waals surface area contributed by atoms with E-state index in [0.29, 0.717) is 5.57 Å². The van der Waals surface area contributed by atoms with Crippen molar-refractivity contribution < 1.29 is 26.5 Å². The highest BCUT2D eigenvalue weighted by molar-refractivity contribution is 7.86. The molecular weight excluding hydrogens is 218 g/mol. The fraction of sp³-hybridized carbons (Fsp3) is 0.714. The summed E-state index contributed by atoms with van der Waals surface area (Å²) < 4.78 is 58.0. The van der Waals surface area contributed by atoms with Crippen LogP contribution in [0.3, 0.4) is 0 Å². The van der Waals surface area contributed by atoms with Crippen LogP contribution in [0.4, 0.5) is 8.78 Å². The lowest BCUT2D eigenvalue weighted by atomic mass is 10.3. The molecule has 0 heterocycles. The summed E-state index contributed by atoms with van der Waals surface area (Å²) in [5.41, 5.74) is 0.649. The fourth-order valence-corrected chi connectivity index (χ4v) is 0.619. The van der Waals surface area contributed by atoms with E-state index in [9.17, 15) is 17.2 Å². The number of rotatable bonds is 4. The Hall–Kier alpha value is -0.690. The summed E-state index contributed by atoms with van der Waals surface area (Å²) in [5.74, 6) is 0.202. The first-order valence-electron chi connectivity index (χ1n) is 3.69. The molecule has 0 aliphatic heterocycles. The van der Waals surface area contributed by atoms with Gasteiger partial charge in [0.1, 0.15) is 0 Å². The van der Waals surface area contributed by atoms with Gasteiger partial charge >= 0.3 is 15.4 Å². The van der Waals surface area contributed by atoms with Crippen LogP contribution in [0.5, 0.6) is 0 Å². The number of halogens is 2. The molecule has 0 aromatic carbocycles. The van der Waals surface area contributed by atoms with Crippen molar-refractivity contribution in [2.45, 2.75) is 26.0 Å². The third-order valence-corrected chi connectivity index (χ3v) is 2.41. The second kappa shape index (κ2) is 4.22. The van der Waals surface area contributed by atoms with Gasteiger partial charge in [-0.05, 0) is 26.3 Å². The van der Waals surface area contributed by atoms with Gasteiger partial charge in [-0.25, -0.2) is 0 Å². The van der Waals surface area contributed by atoms with Gasteiger partial charge in [-0.2, -0.15) is 17.2 Å². The van der Waals surface area contributed by atoms with Crippen LogP contribution in [0.1, 0.15) is 20.8 Å². The maximum absolute atomic E-state index is 12.6. The van der Waals surface area contributed by atoms with E-state index >= 15 is 0 Å². The van der Waals surface area contributed by atoms with Gasteiger partial charge in [-0.1, -0.05) is 0 Å². The number of alkyl halides is 2. The van der Waals surface area contributed by atoms with Gasteiger partial charge in [0, 0.05) is 0 Å². The van der Waals surface area contributed by atoms with Gasteiger partial charge in [-0.3, -0.25) is 4.55 Å². The zero-order valence-electron chi connectivity index (χ0n) is 8.04. The minimum absolute atomic E-state index is 0.202. The highest BCUT2D eigenvalue weighted by atomic mass is 32.2. The molecule has 84 valence electrons. The van der Waals surface area contributed by atoms with Crippen molar-refractivity contribution in [3.63, 3.8) is 0 Å². The first-order valence-corrected chi connectivity index (χ1v) is 5.13. The highest BCUT2D eigenvalue weighted by Gasteiger charge is 2.45. The molecule has 0 aliphatic rings. The second-order valence-electron chi connectivity index (χ2n) is 2.96. The van der Waals surface area contributed by atoms with E-state index in [2.05, 4.69) is 4.74 Å². The smallest absolute Gasteiger partial charge is 0.402 e. The lowest BCUT2D eigenvalue weighted by Crippen LogP contribution is -2.33. The zero-order chi connectivity index (χ0) is 11.6. The standard InChI is InChI=1S/C7H12F2O4S/c1-5(2)6(3)13-4-7(8,9)14(10,11)12/h4H2,1-3H3,(H,10,11,12). The molecule has 0 aromatic rings. The molecule has 7 heteroatoms. The molecule has 0 rings (SSSR count). The molecule has 0 atom stereocenters.